The zero-order chi connectivity index (χ0) is 14.7. The molecule has 5 fully saturated rings. The van der Waals surface area contributed by atoms with E-state index in [0.717, 1.165) is 31.3 Å². The van der Waals surface area contributed by atoms with Crippen LogP contribution in [0.4, 0.5) is 0 Å². The maximum Gasteiger partial charge on any atom is 0.223 e. The molecule has 4 bridgehead atoms. The summed E-state index contributed by atoms with van der Waals surface area (Å²) in [5.41, 5.74) is 0.339. The molecular weight excluding hydrogens is 326 g/mol. The number of alkyl halides is 1. The summed E-state index contributed by atoms with van der Waals surface area (Å²) >= 11 is 4.06. The predicted molar refractivity (Wildman–Crippen MR) is 88.4 cm³/mol. The van der Waals surface area contributed by atoms with Crippen molar-refractivity contribution >= 4 is 21.8 Å². The molecule has 0 aromatic rings. The first-order chi connectivity index (χ1) is 9.95. The smallest absolute Gasteiger partial charge is 0.223 e. The topological polar surface area (TPSA) is 20.3 Å². The molecule has 0 spiro atoms. The Morgan fingerprint density at radius 1 is 1.24 bits per heavy atom. The van der Waals surface area contributed by atoms with Crippen molar-refractivity contribution in [1.82, 2.24) is 4.90 Å². The molecule has 118 valence electrons. The van der Waals surface area contributed by atoms with E-state index in [-0.39, 0.29) is 0 Å². The highest BCUT2D eigenvalue weighted by Crippen LogP contribution is 2.65. The van der Waals surface area contributed by atoms with Crippen molar-refractivity contribution in [2.24, 2.45) is 23.2 Å². The molecule has 21 heavy (non-hydrogen) atoms. The molecular formula is C18H28BrNO. The summed E-state index contributed by atoms with van der Waals surface area (Å²) in [7, 11) is 0. The lowest BCUT2D eigenvalue weighted by Gasteiger charge is -2.60. The average Bonchev–Trinajstić information content (AvgIpc) is 2.34. The Morgan fingerprint density at radius 3 is 2.57 bits per heavy atom. The van der Waals surface area contributed by atoms with Gasteiger partial charge in [-0.05, 0) is 74.5 Å². The van der Waals surface area contributed by atoms with Crippen LogP contribution in [0, 0.1) is 23.2 Å². The van der Waals surface area contributed by atoms with Crippen LogP contribution in [-0.4, -0.2) is 28.2 Å². The van der Waals surface area contributed by atoms with Gasteiger partial charge in [0.05, 0.1) is 0 Å². The van der Waals surface area contributed by atoms with Gasteiger partial charge in [0, 0.05) is 23.8 Å². The van der Waals surface area contributed by atoms with E-state index in [0.29, 0.717) is 21.6 Å². The summed E-state index contributed by atoms with van der Waals surface area (Å²) in [6.07, 6.45) is 11.4. The van der Waals surface area contributed by atoms with Crippen LogP contribution in [0.1, 0.15) is 64.7 Å². The van der Waals surface area contributed by atoms with E-state index in [2.05, 4.69) is 27.8 Å². The number of amides is 1. The minimum Gasteiger partial charge on any atom is -0.342 e. The van der Waals surface area contributed by atoms with Crippen molar-refractivity contribution in [1.29, 1.82) is 0 Å². The molecule has 1 saturated heterocycles. The third-order valence-electron chi connectivity index (χ3n) is 6.65. The number of nitrogens with zero attached hydrogens (tertiary/aromatic N) is 1. The highest BCUT2D eigenvalue weighted by Gasteiger charge is 2.57. The van der Waals surface area contributed by atoms with Gasteiger partial charge in [0.2, 0.25) is 5.91 Å². The second kappa shape index (κ2) is 4.97. The van der Waals surface area contributed by atoms with Crippen molar-refractivity contribution in [2.45, 2.75) is 69.0 Å². The van der Waals surface area contributed by atoms with Gasteiger partial charge in [-0.15, -0.1) is 0 Å². The quantitative estimate of drug-likeness (QED) is 0.675. The number of halogens is 1. The number of carbonyl (C=O) groups excluding carboxylic acids is 1. The molecule has 1 heterocycles. The second-order valence-corrected chi connectivity index (χ2v) is 10.6. The second-order valence-electron chi connectivity index (χ2n) is 8.88. The van der Waals surface area contributed by atoms with Crippen LogP contribution < -0.4 is 0 Å². The van der Waals surface area contributed by atoms with Crippen LogP contribution in [-0.2, 0) is 4.79 Å². The number of piperidine rings is 1. The summed E-state index contributed by atoms with van der Waals surface area (Å²) in [6.45, 7) is 4.30. The van der Waals surface area contributed by atoms with Crippen LogP contribution >= 0.6 is 15.9 Å². The molecule has 4 aliphatic carbocycles. The van der Waals surface area contributed by atoms with Crippen molar-refractivity contribution < 1.29 is 4.79 Å². The number of likely N-dealkylation sites (tertiary alicyclic amines) is 1. The number of hydrogen-bond acceptors (Lipinski definition) is 1. The van der Waals surface area contributed by atoms with Crippen LogP contribution in [0.3, 0.4) is 0 Å². The average molecular weight is 354 g/mol. The summed E-state index contributed by atoms with van der Waals surface area (Å²) in [5.74, 6) is 2.93. The SMILES string of the molecule is C[C@H]1CCCN(C(=O)CC23C[C@@H]4C[C@H](CC(Br)(C4)C2)C3)C1. The molecule has 4 saturated carbocycles. The van der Waals surface area contributed by atoms with Gasteiger partial charge in [-0.3, -0.25) is 4.79 Å². The van der Waals surface area contributed by atoms with E-state index in [1.165, 1.54) is 51.4 Å². The van der Waals surface area contributed by atoms with E-state index in [1.54, 1.807) is 0 Å². The maximum absolute atomic E-state index is 12.8. The van der Waals surface area contributed by atoms with E-state index >= 15 is 0 Å². The first-order valence-electron chi connectivity index (χ1n) is 8.92. The minimum atomic E-state index is 0.339. The number of hydrogen-bond donors (Lipinski definition) is 0. The molecule has 0 unspecified atom stereocenters. The fourth-order valence-corrected chi connectivity index (χ4v) is 7.90. The van der Waals surface area contributed by atoms with Gasteiger partial charge in [0.15, 0.2) is 0 Å². The van der Waals surface area contributed by atoms with Crippen LogP contribution in [0.2, 0.25) is 0 Å². The molecule has 5 aliphatic rings. The summed E-state index contributed by atoms with van der Waals surface area (Å²) in [6, 6.07) is 0. The first kappa shape index (κ1) is 14.5. The minimum absolute atomic E-state index is 0.339. The Bertz CT molecular complexity index is 434. The van der Waals surface area contributed by atoms with E-state index in [4.69, 9.17) is 0 Å². The number of carbonyl (C=O) groups is 1. The van der Waals surface area contributed by atoms with E-state index in [9.17, 15) is 4.79 Å². The molecule has 2 nitrogen and oxygen atoms in total. The van der Waals surface area contributed by atoms with Gasteiger partial charge in [-0.25, -0.2) is 0 Å². The van der Waals surface area contributed by atoms with Crippen molar-refractivity contribution in [3.8, 4) is 0 Å². The molecule has 0 aromatic carbocycles. The van der Waals surface area contributed by atoms with Gasteiger partial charge in [-0.1, -0.05) is 22.9 Å². The summed E-state index contributed by atoms with van der Waals surface area (Å²) < 4.78 is 0.382. The Labute approximate surface area is 137 Å². The molecule has 1 aliphatic heterocycles. The lowest BCUT2D eigenvalue weighted by atomic mass is 9.48. The van der Waals surface area contributed by atoms with Gasteiger partial charge in [0.25, 0.3) is 0 Å². The monoisotopic (exact) mass is 353 g/mol. The molecule has 0 radical (unpaired) electrons. The fourth-order valence-electron chi connectivity index (χ4n) is 6.39. The highest BCUT2D eigenvalue weighted by atomic mass is 79.9. The van der Waals surface area contributed by atoms with E-state index < -0.39 is 0 Å². The van der Waals surface area contributed by atoms with Gasteiger partial charge < -0.3 is 4.90 Å². The van der Waals surface area contributed by atoms with Crippen LogP contribution in [0.25, 0.3) is 0 Å². The van der Waals surface area contributed by atoms with Crippen LogP contribution in [0.5, 0.6) is 0 Å². The maximum atomic E-state index is 12.8. The normalized spacial score (nSPS) is 48.7. The van der Waals surface area contributed by atoms with E-state index in [1.807, 2.05) is 0 Å². The van der Waals surface area contributed by atoms with Gasteiger partial charge >= 0.3 is 0 Å². The lowest BCUT2D eigenvalue weighted by Crippen LogP contribution is -2.54. The first-order valence-corrected chi connectivity index (χ1v) is 9.71. The lowest BCUT2D eigenvalue weighted by molar-refractivity contribution is -0.140. The molecule has 1 amide bonds. The van der Waals surface area contributed by atoms with Gasteiger partial charge in [0.1, 0.15) is 0 Å². The van der Waals surface area contributed by atoms with Crippen molar-refractivity contribution in [3.05, 3.63) is 0 Å². The molecule has 0 aromatic heterocycles. The third-order valence-corrected chi connectivity index (χ3v) is 7.57. The van der Waals surface area contributed by atoms with Crippen molar-refractivity contribution in [3.63, 3.8) is 0 Å². The molecule has 5 rings (SSSR count). The Balaban J connectivity index is 1.47. The number of rotatable bonds is 2. The van der Waals surface area contributed by atoms with Gasteiger partial charge in [-0.2, -0.15) is 0 Å². The largest absolute Gasteiger partial charge is 0.342 e. The predicted octanol–water partition coefficient (Wildman–Crippen LogP) is 4.37. The molecule has 3 heteroatoms. The Morgan fingerprint density at radius 2 is 1.95 bits per heavy atom. The zero-order valence-electron chi connectivity index (χ0n) is 13.2. The third kappa shape index (κ3) is 2.68. The standard InChI is InChI=1S/C18H28BrNO/c1-13-3-2-4-20(11-13)16(21)10-17-6-14-5-15(7-17)9-18(19,8-14)12-17/h13-15H,2-12H2,1H3/t13-,14-,15-,17?,18?/m0/s1. The highest BCUT2D eigenvalue weighted by molar-refractivity contribution is 9.10. The van der Waals surface area contributed by atoms with Crippen LogP contribution in [0.15, 0.2) is 0 Å². The zero-order valence-corrected chi connectivity index (χ0v) is 14.8. The Hall–Kier alpha value is -0.0500. The fraction of sp³-hybridized carbons (Fsp3) is 0.944. The molecule has 0 N–H and O–H groups in total. The van der Waals surface area contributed by atoms with Crippen molar-refractivity contribution in [2.75, 3.05) is 13.1 Å². The molecule has 3 atom stereocenters. The summed E-state index contributed by atoms with van der Waals surface area (Å²) in [5, 5.41) is 0. The summed E-state index contributed by atoms with van der Waals surface area (Å²) in [4.78, 5) is 15.0. The Kier molecular flexibility index (Phi) is 3.44.